The van der Waals surface area contributed by atoms with Crippen molar-refractivity contribution in [1.82, 2.24) is 10.3 Å². The van der Waals surface area contributed by atoms with E-state index in [1.807, 2.05) is 43.3 Å². The third kappa shape index (κ3) is 4.41. The number of aromatic nitrogens is 1. The second-order valence-corrected chi connectivity index (χ2v) is 6.94. The predicted molar refractivity (Wildman–Crippen MR) is 115 cm³/mol. The van der Waals surface area contributed by atoms with E-state index in [2.05, 4.69) is 15.6 Å². The van der Waals surface area contributed by atoms with Crippen LogP contribution in [0.2, 0.25) is 0 Å². The van der Waals surface area contributed by atoms with Crippen LogP contribution in [-0.4, -0.2) is 30.0 Å². The Balaban J connectivity index is 1.40. The first-order chi connectivity index (χ1) is 14.6. The Hall–Kier alpha value is -3.87. The van der Waals surface area contributed by atoms with E-state index in [0.29, 0.717) is 30.2 Å². The number of anilines is 2. The van der Waals surface area contributed by atoms with Crippen molar-refractivity contribution in [2.24, 2.45) is 0 Å². The number of nitrogens with one attached hydrogen (secondary N) is 2. The fourth-order valence-electron chi connectivity index (χ4n) is 3.23. The summed E-state index contributed by atoms with van der Waals surface area (Å²) in [7, 11) is 0. The lowest BCUT2D eigenvalue weighted by Gasteiger charge is -2.16. The summed E-state index contributed by atoms with van der Waals surface area (Å²) in [6.45, 7) is 3.16. The summed E-state index contributed by atoms with van der Waals surface area (Å²) in [5.41, 5.74) is 2.81. The molecule has 1 unspecified atom stereocenters. The Labute approximate surface area is 174 Å². The zero-order chi connectivity index (χ0) is 20.9. The second kappa shape index (κ2) is 8.65. The number of benzene rings is 2. The minimum Gasteiger partial charge on any atom is -0.470 e. The molecule has 0 radical (unpaired) electrons. The maximum Gasteiger partial charge on any atom is 0.321 e. The summed E-state index contributed by atoms with van der Waals surface area (Å²) in [5.74, 6) is 0.165. The minimum absolute atomic E-state index is 0.136. The molecular weight excluding hydrogens is 380 g/mol. The molecule has 7 heteroatoms. The normalized spacial score (nSPS) is 14.2. The van der Waals surface area contributed by atoms with Crippen LogP contribution in [0.3, 0.4) is 0 Å². The van der Waals surface area contributed by atoms with E-state index in [1.54, 1.807) is 35.2 Å². The lowest BCUT2D eigenvalue weighted by Crippen LogP contribution is -2.27. The number of amides is 3. The number of ether oxygens (including phenoxy) is 1. The lowest BCUT2D eigenvalue weighted by atomic mass is 10.1. The van der Waals surface area contributed by atoms with Crippen molar-refractivity contribution < 1.29 is 14.3 Å². The third-order valence-electron chi connectivity index (χ3n) is 4.84. The summed E-state index contributed by atoms with van der Waals surface area (Å²) >= 11 is 0. The van der Waals surface area contributed by atoms with Crippen molar-refractivity contribution in [1.29, 1.82) is 0 Å². The molecule has 30 heavy (non-hydrogen) atoms. The van der Waals surface area contributed by atoms with E-state index in [-0.39, 0.29) is 18.0 Å². The zero-order valence-electron chi connectivity index (χ0n) is 16.5. The van der Waals surface area contributed by atoms with Crippen LogP contribution in [0.25, 0.3) is 0 Å². The third-order valence-corrected chi connectivity index (χ3v) is 4.84. The van der Waals surface area contributed by atoms with Gasteiger partial charge in [0.2, 0.25) is 5.88 Å². The number of urea groups is 1. The number of rotatable bonds is 6. The molecule has 0 saturated carbocycles. The Kier molecular flexibility index (Phi) is 5.61. The summed E-state index contributed by atoms with van der Waals surface area (Å²) < 4.78 is 5.85. The second-order valence-electron chi connectivity index (χ2n) is 6.94. The zero-order valence-corrected chi connectivity index (χ0v) is 16.5. The first-order valence-corrected chi connectivity index (χ1v) is 9.74. The van der Waals surface area contributed by atoms with Crippen LogP contribution in [0.5, 0.6) is 5.88 Å². The number of carbonyl (C=O) groups excluding carboxylic acids is 2. The van der Waals surface area contributed by atoms with Crippen molar-refractivity contribution in [2.45, 2.75) is 13.0 Å². The van der Waals surface area contributed by atoms with E-state index in [0.717, 1.165) is 11.3 Å². The quantitative estimate of drug-likeness (QED) is 0.653. The van der Waals surface area contributed by atoms with E-state index >= 15 is 0 Å². The molecule has 7 nitrogen and oxygen atoms in total. The van der Waals surface area contributed by atoms with Gasteiger partial charge in [0.15, 0.2) is 0 Å². The maximum atomic E-state index is 12.6. The van der Waals surface area contributed by atoms with Crippen LogP contribution in [-0.2, 0) is 0 Å². The number of carbonyl (C=O) groups is 2. The van der Waals surface area contributed by atoms with Crippen LogP contribution in [0.1, 0.15) is 28.9 Å². The van der Waals surface area contributed by atoms with Gasteiger partial charge in [-0.3, -0.25) is 9.69 Å². The summed E-state index contributed by atoms with van der Waals surface area (Å²) in [6, 6.07) is 20.3. The molecular formula is C23H22N4O3. The van der Waals surface area contributed by atoms with E-state index in [9.17, 15) is 9.59 Å². The van der Waals surface area contributed by atoms with Crippen LogP contribution in [0, 0.1) is 0 Å². The number of hydrogen-bond donors (Lipinski definition) is 2. The molecule has 3 amide bonds. The van der Waals surface area contributed by atoms with E-state index < -0.39 is 0 Å². The van der Waals surface area contributed by atoms with Crippen LogP contribution >= 0.6 is 0 Å². The molecule has 1 aliphatic heterocycles. The fraction of sp³-hybridized carbons (Fsp3) is 0.174. The highest BCUT2D eigenvalue weighted by Crippen LogP contribution is 2.22. The predicted octanol–water partition coefficient (Wildman–Crippen LogP) is 4.00. The minimum atomic E-state index is -0.284. The molecule has 1 aromatic heterocycles. The van der Waals surface area contributed by atoms with Gasteiger partial charge in [0, 0.05) is 36.7 Å². The van der Waals surface area contributed by atoms with Gasteiger partial charge in [0.1, 0.15) is 6.10 Å². The van der Waals surface area contributed by atoms with Crippen LogP contribution in [0.4, 0.5) is 16.2 Å². The fourth-order valence-corrected chi connectivity index (χ4v) is 3.23. The van der Waals surface area contributed by atoms with Crippen LogP contribution in [0.15, 0.2) is 72.9 Å². The maximum absolute atomic E-state index is 12.6. The Morgan fingerprint density at radius 3 is 2.67 bits per heavy atom. The molecule has 1 fully saturated rings. The van der Waals surface area contributed by atoms with Gasteiger partial charge in [-0.25, -0.2) is 9.78 Å². The molecule has 4 rings (SSSR count). The first kappa shape index (κ1) is 19.4. The largest absolute Gasteiger partial charge is 0.470 e. The highest BCUT2D eigenvalue weighted by Gasteiger charge is 2.21. The van der Waals surface area contributed by atoms with Crippen molar-refractivity contribution in [3.63, 3.8) is 0 Å². The van der Waals surface area contributed by atoms with Gasteiger partial charge in [0.05, 0.1) is 5.56 Å². The number of hydrogen-bond acceptors (Lipinski definition) is 4. The van der Waals surface area contributed by atoms with Crippen LogP contribution < -0.4 is 20.3 Å². The van der Waals surface area contributed by atoms with Gasteiger partial charge < -0.3 is 15.4 Å². The van der Waals surface area contributed by atoms with Crippen molar-refractivity contribution >= 4 is 23.3 Å². The molecule has 1 saturated heterocycles. The molecule has 2 N–H and O–H groups in total. The van der Waals surface area contributed by atoms with Gasteiger partial charge >= 0.3 is 6.03 Å². The lowest BCUT2D eigenvalue weighted by molar-refractivity contribution is 0.102. The van der Waals surface area contributed by atoms with Crippen molar-refractivity contribution in [3.8, 4) is 5.88 Å². The molecule has 2 heterocycles. The number of pyridine rings is 1. The Bertz CT molecular complexity index is 1040. The Morgan fingerprint density at radius 1 is 1.13 bits per heavy atom. The summed E-state index contributed by atoms with van der Waals surface area (Å²) in [6.07, 6.45) is 1.34. The Morgan fingerprint density at radius 2 is 1.97 bits per heavy atom. The standard InChI is InChI=1S/C23H22N4O3/c1-16(17-6-3-2-4-7-17)30-21-11-10-18(15-25-21)22(28)26-19-8-5-9-20(14-19)27-13-12-24-23(27)29/h2-11,14-16H,12-13H2,1H3,(H,24,29)(H,26,28). The van der Waals surface area contributed by atoms with Crippen molar-refractivity contribution in [2.75, 3.05) is 23.3 Å². The SMILES string of the molecule is CC(Oc1ccc(C(=O)Nc2cccc(N3CCNC3=O)c2)cn1)c1ccccc1. The molecule has 0 aliphatic carbocycles. The molecule has 2 aromatic carbocycles. The monoisotopic (exact) mass is 402 g/mol. The van der Waals surface area contributed by atoms with Gasteiger partial charge in [-0.15, -0.1) is 0 Å². The molecule has 3 aromatic rings. The molecule has 1 atom stereocenters. The van der Waals surface area contributed by atoms with Gasteiger partial charge in [-0.05, 0) is 36.8 Å². The summed E-state index contributed by atoms with van der Waals surface area (Å²) in [5, 5.41) is 5.61. The van der Waals surface area contributed by atoms with Crippen molar-refractivity contribution in [3.05, 3.63) is 84.1 Å². The molecule has 0 spiro atoms. The average Bonchev–Trinajstić information content (AvgIpc) is 3.21. The van der Waals surface area contributed by atoms with E-state index in [4.69, 9.17) is 4.74 Å². The van der Waals surface area contributed by atoms with Gasteiger partial charge in [-0.1, -0.05) is 36.4 Å². The molecule has 152 valence electrons. The smallest absolute Gasteiger partial charge is 0.321 e. The number of nitrogens with zero attached hydrogens (tertiary/aromatic N) is 2. The summed E-state index contributed by atoms with van der Waals surface area (Å²) in [4.78, 5) is 30.3. The van der Waals surface area contributed by atoms with E-state index in [1.165, 1.54) is 6.20 Å². The van der Waals surface area contributed by atoms with Gasteiger partial charge in [-0.2, -0.15) is 0 Å². The average molecular weight is 402 g/mol. The molecule has 1 aliphatic rings. The highest BCUT2D eigenvalue weighted by atomic mass is 16.5. The van der Waals surface area contributed by atoms with Gasteiger partial charge in [0.25, 0.3) is 5.91 Å². The molecule has 0 bridgehead atoms. The topological polar surface area (TPSA) is 83.6 Å². The first-order valence-electron chi connectivity index (χ1n) is 9.74. The highest BCUT2D eigenvalue weighted by molar-refractivity contribution is 6.04.